The predicted molar refractivity (Wildman–Crippen MR) is 145 cm³/mol. The minimum absolute atomic E-state index is 0.0256. The normalized spacial score (nSPS) is 10.6. The van der Waals surface area contributed by atoms with Crippen LogP contribution in [0.5, 0.6) is 0 Å². The maximum atomic E-state index is 12.8. The number of rotatable bonds is 9. The molecule has 0 unspecified atom stereocenters. The van der Waals surface area contributed by atoms with E-state index in [9.17, 15) is 14.4 Å². The van der Waals surface area contributed by atoms with Crippen LogP contribution in [0.4, 0.5) is 16.3 Å². The molecule has 0 radical (unpaired) electrons. The number of pyridine rings is 1. The molecule has 0 fully saturated rings. The van der Waals surface area contributed by atoms with E-state index in [1.165, 1.54) is 28.9 Å². The van der Waals surface area contributed by atoms with Crippen LogP contribution in [-0.2, 0) is 27.6 Å². The van der Waals surface area contributed by atoms with Crippen molar-refractivity contribution in [3.63, 3.8) is 0 Å². The van der Waals surface area contributed by atoms with Crippen LogP contribution >= 0.6 is 55.1 Å². The maximum absolute atomic E-state index is 12.8. The largest absolute Gasteiger partial charge is 0.460 e. The number of hydrogen-bond donors (Lipinski definition) is 2. The van der Waals surface area contributed by atoms with Gasteiger partial charge in [-0.15, -0.1) is 0 Å². The Balaban J connectivity index is 1.67. The molecule has 0 saturated carbocycles. The number of nitrogens with zero attached hydrogens (tertiary/aromatic N) is 4. The molecular formula is C22H20Br2Cl2N6O5. The minimum atomic E-state index is -0.751. The smallest absolute Gasteiger partial charge is 0.417 e. The Morgan fingerprint density at radius 3 is 2.62 bits per heavy atom. The van der Waals surface area contributed by atoms with Crippen molar-refractivity contribution in [1.82, 2.24) is 20.1 Å². The zero-order valence-electron chi connectivity index (χ0n) is 19.4. The molecule has 37 heavy (non-hydrogen) atoms. The zero-order valence-corrected chi connectivity index (χ0v) is 24.1. The van der Waals surface area contributed by atoms with Gasteiger partial charge < -0.3 is 20.1 Å². The first-order chi connectivity index (χ1) is 17.6. The number of hydrogen-bond acceptors (Lipinski definition) is 8. The van der Waals surface area contributed by atoms with Gasteiger partial charge in [-0.1, -0.05) is 29.3 Å². The van der Waals surface area contributed by atoms with Gasteiger partial charge in [0.25, 0.3) is 5.91 Å². The van der Waals surface area contributed by atoms with Gasteiger partial charge >= 0.3 is 12.1 Å². The van der Waals surface area contributed by atoms with Crippen molar-refractivity contribution in [1.29, 1.82) is 0 Å². The quantitative estimate of drug-likeness (QED) is 0.308. The highest BCUT2D eigenvalue weighted by molar-refractivity contribution is 9.13. The summed E-state index contributed by atoms with van der Waals surface area (Å²) in [6, 6.07) is 7.98. The second-order valence-electron chi connectivity index (χ2n) is 7.31. The molecule has 0 saturated heterocycles. The minimum Gasteiger partial charge on any atom is -0.460 e. The average molecular weight is 679 g/mol. The molecule has 1 aromatic carbocycles. The summed E-state index contributed by atoms with van der Waals surface area (Å²) in [6.07, 6.45) is 0.746. The summed E-state index contributed by atoms with van der Waals surface area (Å²) in [6.45, 7) is -0.347. The Morgan fingerprint density at radius 1 is 1.16 bits per heavy atom. The number of esters is 1. The van der Waals surface area contributed by atoms with Gasteiger partial charge in [-0.25, -0.2) is 14.5 Å². The van der Waals surface area contributed by atoms with E-state index in [4.69, 9.17) is 32.7 Å². The van der Waals surface area contributed by atoms with E-state index in [1.807, 2.05) is 0 Å². The number of carbonyl (C=O) groups is 3. The summed E-state index contributed by atoms with van der Waals surface area (Å²) in [7, 11) is 3.09. The van der Waals surface area contributed by atoms with E-state index in [0.717, 1.165) is 0 Å². The number of likely N-dealkylation sites (N-methyl/N-ethyl adjacent to an activating group) is 1. The van der Waals surface area contributed by atoms with Crippen molar-refractivity contribution < 1.29 is 23.9 Å². The van der Waals surface area contributed by atoms with Gasteiger partial charge in [0.15, 0.2) is 12.4 Å². The number of aromatic nitrogens is 3. The van der Waals surface area contributed by atoms with Crippen LogP contribution in [0.3, 0.4) is 0 Å². The number of benzene rings is 1. The standard InChI is InChI=1S/C22H20Br2Cl2N6O5/c1-27-9-16(33)36-10-12-4-3-7-28-20(12)31(2)22(35)37-11-32-19(24)17(23)18(30-32)21(34)29-15-6-5-13(25)8-14(15)26/h3-8,27H,9-11H2,1-2H3,(H,29,34). The first kappa shape index (κ1) is 28.9. The molecule has 3 rings (SSSR count). The van der Waals surface area contributed by atoms with Crippen molar-refractivity contribution in [2.45, 2.75) is 13.3 Å². The topological polar surface area (TPSA) is 128 Å². The van der Waals surface area contributed by atoms with Gasteiger partial charge in [-0.05, 0) is 63.2 Å². The van der Waals surface area contributed by atoms with Crippen LogP contribution < -0.4 is 15.5 Å². The number of halogens is 4. The Labute approximate surface area is 238 Å². The van der Waals surface area contributed by atoms with Crippen LogP contribution in [0, 0.1) is 0 Å². The van der Waals surface area contributed by atoms with E-state index in [0.29, 0.717) is 25.3 Å². The number of ether oxygens (including phenoxy) is 2. The molecule has 11 nitrogen and oxygen atoms in total. The van der Waals surface area contributed by atoms with Gasteiger partial charge in [0.05, 0.1) is 21.7 Å². The van der Waals surface area contributed by atoms with E-state index >= 15 is 0 Å². The Morgan fingerprint density at radius 2 is 1.92 bits per heavy atom. The first-order valence-electron chi connectivity index (χ1n) is 10.4. The number of amides is 2. The van der Waals surface area contributed by atoms with Crippen LogP contribution in [0.15, 0.2) is 45.6 Å². The second kappa shape index (κ2) is 13.2. The molecule has 196 valence electrons. The summed E-state index contributed by atoms with van der Waals surface area (Å²) < 4.78 is 12.5. The molecule has 2 N–H and O–H groups in total. The summed E-state index contributed by atoms with van der Waals surface area (Å²) in [5.74, 6) is -0.745. The fourth-order valence-electron chi connectivity index (χ4n) is 2.92. The molecule has 15 heteroatoms. The highest BCUT2D eigenvalue weighted by Gasteiger charge is 2.23. The fraction of sp³-hybridized carbons (Fsp3) is 0.227. The SMILES string of the molecule is CNCC(=O)OCc1cccnc1N(C)C(=O)OCn1nc(C(=O)Nc2ccc(Cl)cc2Cl)c(Br)c1Br. The summed E-state index contributed by atoms with van der Waals surface area (Å²) in [5.41, 5.74) is 0.886. The number of nitrogens with one attached hydrogen (secondary N) is 2. The highest BCUT2D eigenvalue weighted by atomic mass is 79.9. The Hall–Kier alpha value is -2.71. The van der Waals surface area contributed by atoms with E-state index in [2.05, 4.69) is 52.6 Å². The molecule has 0 aliphatic heterocycles. The lowest BCUT2D eigenvalue weighted by Gasteiger charge is -2.19. The summed E-state index contributed by atoms with van der Waals surface area (Å²) in [5, 5.41) is 10.2. The van der Waals surface area contributed by atoms with Gasteiger partial charge in [-0.3, -0.25) is 14.5 Å². The third-order valence-electron chi connectivity index (χ3n) is 4.71. The first-order valence-corrected chi connectivity index (χ1v) is 12.8. The lowest BCUT2D eigenvalue weighted by Crippen LogP contribution is -2.30. The fourth-order valence-corrected chi connectivity index (χ4v) is 4.21. The molecule has 0 aliphatic carbocycles. The average Bonchev–Trinajstić information content (AvgIpc) is 3.16. The van der Waals surface area contributed by atoms with Gasteiger partial charge in [0, 0.05) is 23.8 Å². The molecule has 2 heterocycles. The Bertz CT molecular complexity index is 1320. The maximum Gasteiger partial charge on any atom is 0.417 e. The molecular weight excluding hydrogens is 659 g/mol. The molecule has 2 aromatic heterocycles. The third kappa shape index (κ3) is 7.42. The highest BCUT2D eigenvalue weighted by Crippen LogP contribution is 2.30. The molecule has 0 aliphatic rings. The lowest BCUT2D eigenvalue weighted by atomic mass is 10.2. The van der Waals surface area contributed by atoms with E-state index in [1.54, 1.807) is 31.3 Å². The van der Waals surface area contributed by atoms with E-state index in [-0.39, 0.29) is 36.4 Å². The third-order valence-corrected chi connectivity index (χ3v) is 7.35. The van der Waals surface area contributed by atoms with Crippen LogP contribution in [0.2, 0.25) is 10.0 Å². The van der Waals surface area contributed by atoms with Crippen molar-refractivity contribution in [3.8, 4) is 0 Å². The molecule has 0 atom stereocenters. The van der Waals surface area contributed by atoms with Gasteiger partial charge in [0.2, 0.25) is 0 Å². The summed E-state index contributed by atoms with van der Waals surface area (Å²) >= 11 is 18.7. The van der Waals surface area contributed by atoms with Crippen molar-refractivity contribution in [2.75, 3.05) is 30.9 Å². The Kier molecular flexibility index (Phi) is 10.3. The van der Waals surface area contributed by atoms with Gasteiger partial charge in [0.1, 0.15) is 17.0 Å². The number of anilines is 2. The van der Waals surface area contributed by atoms with Crippen molar-refractivity contribution >= 4 is 84.5 Å². The molecule has 2 amide bonds. The predicted octanol–water partition coefficient (Wildman–Crippen LogP) is 4.86. The number of carbonyl (C=O) groups excluding carboxylic acids is 3. The van der Waals surface area contributed by atoms with Crippen LogP contribution in [0.25, 0.3) is 0 Å². The van der Waals surface area contributed by atoms with Gasteiger partial charge in [-0.2, -0.15) is 5.10 Å². The zero-order chi connectivity index (χ0) is 27.1. The van der Waals surface area contributed by atoms with E-state index < -0.39 is 18.0 Å². The molecule has 0 spiro atoms. The lowest BCUT2D eigenvalue weighted by molar-refractivity contribution is -0.143. The van der Waals surface area contributed by atoms with Crippen molar-refractivity contribution in [3.05, 3.63) is 66.9 Å². The summed E-state index contributed by atoms with van der Waals surface area (Å²) in [4.78, 5) is 42.5. The molecule has 3 aromatic rings. The van der Waals surface area contributed by atoms with Crippen LogP contribution in [-0.4, -0.2) is 53.4 Å². The second-order valence-corrected chi connectivity index (χ2v) is 9.69. The molecule has 0 bridgehead atoms. The van der Waals surface area contributed by atoms with Crippen molar-refractivity contribution in [2.24, 2.45) is 0 Å². The van der Waals surface area contributed by atoms with Crippen LogP contribution in [0.1, 0.15) is 16.1 Å². The monoisotopic (exact) mass is 676 g/mol.